The van der Waals surface area contributed by atoms with Gasteiger partial charge in [0.05, 0.1) is 5.56 Å². The average molecular weight is 255 g/mol. The first-order valence-electron chi connectivity index (χ1n) is 5.96. The minimum absolute atomic E-state index is 0.0751. The Labute approximate surface area is 105 Å². The molecule has 0 spiro atoms. The average Bonchev–Trinajstić information content (AvgIpc) is 2.35. The van der Waals surface area contributed by atoms with Crippen LogP contribution in [0.1, 0.15) is 30.1 Å². The number of nitrogens with one attached hydrogen (secondary N) is 1. The highest BCUT2D eigenvalue weighted by Gasteiger charge is 2.12. The molecule has 5 heteroatoms. The molecule has 0 aliphatic carbocycles. The van der Waals surface area contributed by atoms with Crippen molar-refractivity contribution in [2.24, 2.45) is 5.92 Å². The van der Waals surface area contributed by atoms with Gasteiger partial charge in [-0.25, -0.2) is 9.18 Å². The van der Waals surface area contributed by atoms with Gasteiger partial charge in [0.15, 0.2) is 0 Å². The lowest BCUT2D eigenvalue weighted by atomic mass is 10.0. The van der Waals surface area contributed by atoms with Gasteiger partial charge in [0.1, 0.15) is 5.82 Å². The van der Waals surface area contributed by atoms with Gasteiger partial charge in [-0.3, -0.25) is 0 Å². The summed E-state index contributed by atoms with van der Waals surface area (Å²) < 4.78 is 13.0. The highest BCUT2D eigenvalue weighted by atomic mass is 19.1. The lowest BCUT2D eigenvalue weighted by molar-refractivity contribution is 0.0697. The first-order valence-corrected chi connectivity index (χ1v) is 5.96. The van der Waals surface area contributed by atoms with Crippen LogP contribution in [0.2, 0.25) is 0 Å². The Balaban J connectivity index is 2.74. The van der Waals surface area contributed by atoms with Crippen molar-refractivity contribution in [2.75, 3.05) is 18.5 Å². The molecule has 1 atom stereocenters. The van der Waals surface area contributed by atoms with Gasteiger partial charge in [0, 0.05) is 18.8 Å². The Kier molecular flexibility index (Phi) is 5.58. The topological polar surface area (TPSA) is 69.6 Å². The number of anilines is 1. The second-order valence-electron chi connectivity index (χ2n) is 4.16. The molecule has 18 heavy (non-hydrogen) atoms. The monoisotopic (exact) mass is 255 g/mol. The zero-order chi connectivity index (χ0) is 13.5. The van der Waals surface area contributed by atoms with Crippen LogP contribution in [0.25, 0.3) is 0 Å². The smallest absolute Gasteiger partial charge is 0.337 e. The van der Waals surface area contributed by atoms with Crippen LogP contribution in [0.3, 0.4) is 0 Å². The minimum Gasteiger partial charge on any atom is -0.478 e. The molecule has 3 N–H and O–H groups in total. The number of aromatic carboxylic acids is 1. The lowest BCUT2D eigenvalue weighted by Crippen LogP contribution is -2.16. The third kappa shape index (κ3) is 4.00. The minimum atomic E-state index is -1.16. The van der Waals surface area contributed by atoms with Crippen molar-refractivity contribution in [3.63, 3.8) is 0 Å². The molecule has 0 radical (unpaired) electrons. The zero-order valence-corrected chi connectivity index (χ0v) is 10.3. The Morgan fingerprint density at radius 2 is 2.22 bits per heavy atom. The number of hydrogen-bond donors (Lipinski definition) is 3. The van der Waals surface area contributed by atoms with Gasteiger partial charge >= 0.3 is 5.97 Å². The summed E-state index contributed by atoms with van der Waals surface area (Å²) in [4.78, 5) is 11.0. The lowest BCUT2D eigenvalue weighted by Gasteiger charge is -2.16. The third-order valence-corrected chi connectivity index (χ3v) is 2.91. The molecule has 0 heterocycles. The van der Waals surface area contributed by atoms with E-state index in [0.29, 0.717) is 18.7 Å². The Bertz CT molecular complexity index is 409. The number of carboxylic acids is 1. The molecule has 0 aliphatic heterocycles. The quantitative estimate of drug-likeness (QED) is 0.699. The number of carboxylic acid groups (broad SMARTS) is 1. The number of aliphatic hydroxyl groups excluding tert-OH is 1. The third-order valence-electron chi connectivity index (χ3n) is 2.91. The number of benzene rings is 1. The van der Waals surface area contributed by atoms with Crippen LogP contribution in [0.4, 0.5) is 10.1 Å². The maximum Gasteiger partial charge on any atom is 0.337 e. The summed E-state index contributed by atoms with van der Waals surface area (Å²) in [6, 6.07) is 3.64. The van der Waals surface area contributed by atoms with Crippen molar-refractivity contribution >= 4 is 11.7 Å². The molecule has 1 aromatic rings. The van der Waals surface area contributed by atoms with E-state index in [2.05, 4.69) is 5.32 Å². The van der Waals surface area contributed by atoms with Crippen LogP contribution >= 0.6 is 0 Å². The van der Waals surface area contributed by atoms with Crippen molar-refractivity contribution in [2.45, 2.75) is 19.8 Å². The van der Waals surface area contributed by atoms with E-state index >= 15 is 0 Å². The van der Waals surface area contributed by atoms with Gasteiger partial charge in [-0.15, -0.1) is 0 Å². The molecule has 0 aromatic heterocycles. The maximum absolute atomic E-state index is 13.0. The largest absolute Gasteiger partial charge is 0.478 e. The van der Waals surface area contributed by atoms with E-state index in [0.717, 1.165) is 12.5 Å². The molecule has 0 fully saturated rings. The van der Waals surface area contributed by atoms with Gasteiger partial charge in [-0.05, 0) is 30.5 Å². The zero-order valence-electron chi connectivity index (χ0n) is 10.3. The summed E-state index contributed by atoms with van der Waals surface area (Å²) in [6.07, 6.45) is 1.55. The second kappa shape index (κ2) is 6.96. The molecular weight excluding hydrogens is 237 g/mol. The van der Waals surface area contributed by atoms with Crippen molar-refractivity contribution in [1.82, 2.24) is 0 Å². The fraction of sp³-hybridized carbons (Fsp3) is 0.462. The van der Waals surface area contributed by atoms with Crippen LogP contribution in [0.5, 0.6) is 0 Å². The molecule has 1 unspecified atom stereocenters. The molecule has 1 aromatic carbocycles. The standard InChI is InChI=1S/C13H18FNO3/c1-2-9(5-6-16)8-15-12-4-3-10(14)7-11(12)13(17)18/h3-4,7,9,15-16H,2,5-6,8H2,1H3,(H,17,18). The molecule has 0 saturated heterocycles. The number of aliphatic hydroxyl groups is 1. The fourth-order valence-corrected chi connectivity index (χ4v) is 1.73. The maximum atomic E-state index is 13.0. The molecule has 100 valence electrons. The molecular formula is C13H18FNO3. The summed E-state index contributed by atoms with van der Waals surface area (Å²) in [6.45, 7) is 2.67. The van der Waals surface area contributed by atoms with Crippen molar-refractivity contribution < 1.29 is 19.4 Å². The van der Waals surface area contributed by atoms with Crippen LogP contribution in [-0.4, -0.2) is 29.3 Å². The SMILES string of the molecule is CCC(CCO)CNc1ccc(F)cc1C(=O)O. The van der Waals surface area contributed by atoms with Gasteiger partial charge in [-0.2, -0.15) is 0 Å². The summed E-state index contributed by atoms with van der Waals surface area (Å²) in [7, 11) is 0. The Morgan fingerprint density at radius 1 is 1.50 bits per heavy atom. The number of carbonyl (C=O) groups is 1. The van der Waals surface area contributed by atoms with Gasteiger partial charge in [0.25, 0.3) is 0 Å². The molecule has 4 nitrogen and oxygen atoms in total. The summed E-state index contributed by atoms with van der Waals surface area (Å²) >= 11 is 0. The Morgan fingerprint density at radius 3 is 2.78 bits per heavy atom. The Hall–Kier alpha value is -1.62. The number of rotatable bonds is 7. The normalized spacial score (nSPS) is 12.2. The van der Waals surface area contributed by atoms with E-state index in [1.54, 1.807) is 0 Å². The van der Waals surface area contributed by atoms with Crippen LogP contribution in [-0.2, 0) is 0 Å². The van der Waals surface area contributed by atoms with Crippen LogP contribution in [0, 0.1) is 11.7 Å². The molecule has 0 aliphatic rings. The second-order valence-corrected chi connectivity index (χ2v) is 4.16. The van der Waals surface area contributed by atoms with Crippen molar-refractivity contribution in [3.8, 4) is 0 Å². The van der Waals surface area contributed by atoms with Gasteiger partial charge < -0.3 is 15.5 Å². The van der Waals surface area contributed by atoms with Gasteiger partial charge in [-0.1, -0.05) is 13.3 Å². The molecule has 0 saturated carbocycles. The van der Waals surface area contributed by atoms with E-state index in [1.807, 2.05) is 6.92 Å². The van der Waals surface area contributed by atoms with Gasteiger partial charge in [0.2, 0.25) is 0 Å². The highest BCUT2D eigenvalue weighted by Crippen LogP contribution is 2.18. The number of halogens is 1. The summed E-state index contributed by atoms with van der Waals surface area (Å²) in [5.74, 6) is -1.46. The highest BCUT2D eigenvalue weighted by molar-refractivity contribution is 5.94. The predicted molar refractivity (Wildman–Crippen MR) is 67.3 cm³/mol. The molecule has 0 amide bonds. The molecule has 0 bridgehead atoms. The summed E-state index contributed by atoms with van der Waals surface area (Å²) in [5, 5.41) is 20.8. The van der Waals surface area contributed by atoms with E-state index in [1.165, 1.54) is 12.1 Å². The van der Waals surface area contributed by atoms with E-state index < -0.39 is 11.8 Å². The predicted octanol–water partition coefficient (Wildman–Crippen LogP) is 2.34. The van der Waals surface area contributed by atoms with E-state index in [4.69, 9.17) is 10.2 Å². The molecule has 1 rings (SSSR count). The first-order chi connectivity index (χ1) is 8.58. The first kappa shape index (κ1) is 14.4. The van der Waals surface area contributed by atoms with Crippen molar-refractivity contribution in [3.05, 3.63) is 29.6 Å². The van der Waals surface area contributed by atoms with Crippen LogP contribution in [0.15, 0.2) is 18.2 Å². The number of hydrogen-bond acceptors (Lipinski definition) is 3. The van der Waals surface area contributed by atoms with E-state index in [9.17, 15) is 9.18 Å². The van der Waals surface area contributed by atoms with Crippen molar-refractivity contribution in [1.29, 1.82) is 0 Å². The summed E-state index contributed by atoms with van der Waals surface area (Å²) in [5.41, 5.74) is 0.328. The van der Waals surface area contributed by atoms with Crippen LogP contribution < -0.4 is 5.32 Å². The van der Waals surface area contributed by atoms with E-state index in [-0.39, 0.29) is 18.1 Å². The fourth-order valence-electron chi connectivity index (χ4n) is 1.73.